The van der Waals surface area contributed by atoms with E-state index in [4.69, 9.17) is 0 Å². The third-order valence-corrected chi connectivity index (χ3v) is 4.79. The van der Waals surface area contributed by atoms with Gasteiger partial charge in [0.15, 0.2) is 0 Å². The fraction of sp³-hybridized carbons (Fsp3) is 0.700. The highest BCUT2D eigenvalue weighted by atomic mass is 32.2. The number of aromatic amines is 1. The molecule has 2 N–H and O–H groups in total. The minimum absolute atomic E-state index is 0.165. The number of nitrogens with one attached hydrogen (secondary N) is 2. The van der Waals surface area contributed by atoms with Crippen LogP contribution in [0.2, 0.25) is 0 Å². The van der Waals surface area contributed by atoms with Crippen molar-refractivity contribution in [2.75, 3.05) is 6.54 Å². The van der Waals surface area contributed by atoms with Crippen LogP contribution in [-0.4, -0.2) is 25.2 Å². The molecule has 0 amide bonds. The molecule has 0 radical (unpaired) electrons. The van der Waals surface area contributed by atoms with Crippen molar-refractivity contribution in [3.63, 3.8) is 0 Å². The predicted molar refractivity (Wildman–Crippen MR) is 60.6 cm³/mol. The lowest BCUT2D eigenvalue weighted by Crippen LogP contribution is -2.29. The molecule has 0 unspecified atom stereocenters. The molecule has 0 atom stereocenters. The van der Waals surface area contributed by atoms with Crippen LogP contribution in [-0.2, 0) is 10.0 Å². The van der Waals surface area contributed by atoms with Crippen LogP contribution in [0.5, 0.6) is 0 Å². The molecular weight excluding hydrogens is 226 g/mol. The molecule has 90 valence electrons. The largest absolute Gasteiger partial charge is 0.281 e. The Morgan fingerprint density at radius 2 is 2.06 bits per heavy atom. The first-order valence-electron chi connectivity index (χ1n) is 5.35. The second-order valence-corrected chi connectivity index (χ2v) is 6.60. The molecule has 0 saturated heterocycles. The summed E-state index contributed by atoms with van der Waals surface area (Å²) in [6, 6.07) is 0. The molecule has 2 rings (SSSR count). The van der Waals surface area contributed by atoms with E-state index >= 15 is 0 Å². The van der Waals surface area contributed by atoms with Crippen molar-refractivity contribution in [2.45, 2.75) is 38.5 Å². The number of rotatable bonds is 4. The Morgan fingerprint density at radius 3 is 2.50 bits per heavy atom. The van der Waals surface area contributed by atoms with E-state index in [0.29, 0.717) is 17.9 Å². The smallest absolute Gasteiger partial charge is 0.244 e. The van der Waals surface area contributed by atoms with Crippen LogP contribution in [0.3, 0.4) is 0 Å². The van der Waals surface area contributed by atoms with Crippen molar-refractivity contribution in [1.82, 2.24) is 14.9 Å². The van der Waals surface area contributed by atoms with Crippen LogP contribution in [0, 0.1) is 19.3 Å². The van der Waals surface area contributed by atoms with Crippen LogP contribution in [0.1, 0.15) is 31.2 Å². The van der Waals surface area contributed by atoms with Gasteiger partial charge in [-0.15, -0.1) is 0 Å². The molecule has 1 aromatic heterocycles. The summed E-state index contributed by atoms with van der Waals surface area (Å²) in [5, 5.41) is 6.58. The van der Waals surface area contributed by atoms with Gasteiger partial charge in [-0.1, -0.05) is 6.92 Å². The normalized spacial score (nSPS) is 18.7. The van der Waals surface area contributed by atoms with Crippen LogP contribution in [0.15, 0.2) is 4.90 Å². The van der Waals surface area contributed by atoms with E-state index in [1.807, 2.05) is 0 Å². The summed E-state index contributed by atoms with van der Waals surface area (Å²) in [4.78, 5) is 0.289. The highest BCUT2D eigenvalue weighted by Gasteiger charge is 2.38. The monoisotopic (exact) mass is 243 g/mol. The van der Waals surface area contributed by atoms with E-state index in [2.05, 4.69) is 21.8 Å². The van der Waals surface area contributed by atoms with Gasteiger partial charge in [-0.3, -0.25) is 5.10 Å². The summed E-state index contributed by atoms with van der Waals surface area (Å²) in [5.41, 5.74) is 1.27. The number of hydrogen-bond donors (Lipinski definition) is 2. The Morgan fingerprint density at radius 1 is 1.44 bits per heavy atom. The molecule has 5 nitrogen and oxygen atoms in total. The summed E-state index contributed by atoms with van der Waals surface area (Å²) in [6.07, 6.45) is 2.19. The van der Waals surface area contributed by atoms with E-state index in [1.165, 1.54) is 0 Å². The number of aryl methyl sites for hydroxylation is 2. The lowest BCUT2D eigenvalue weighted by molar-refractivity contribution is 0.530. The summed E-state index contributed by atoms with van der Waals surface area (Å²) in [6.45, 7) is 6.01. The summed E-state index contributed by atoms with van der Waals surface area (Å²) in [5.74, 6) is 0. The first-order chi connectivity index (χ1) is 7.34. The molecule has 0 aliphatic heterocycles. The molecule has 1 aliphatic rings. The zero-order valence-corrected chi connectivity index (χ0v) is 10.6. The van der Waals surface area contributed by atoms with Gasteiger partial charge in [0.25, 0.3) is 0 Å². The molecular formula is C10H17N3O2S. The molecule has 16 heavy (non-hydrogen) atoms. The predicted octanol–water partition coefficient (Wildman–Crippen LogP) is 1.10. The molecule has 6 heteroatoms. The topological polar surface area (TPSA) is 74.8 Å². The van der Waals surface area contributed by atoms with Gasteiger partial charge < -0.3 is 0 Å². The molecule has 1 heterocycles. The minimum Gasteiger partial charge on any atom is -0.281 e. The van der Waals surface area contributed by atoms with Crippen molar-refractivity contribution >= 4 is 10.0 Å². The second-order valence-electron chi connectivity index (χ2n) is 4.90. The fourth-order valence-corrected chi connectivity index (χ4v) is 3.23. The Labute approximate surface area is 95.7 Å². The quantitative estimate of drug-likeness (QED) is 0.831. The van der Waals surface area contributed by atoms with E-state index in [-0.39, 0.29) is 10.3 Å². The van der Waals surface area contributed by atoms with Gasteiger partial charge in [0.05, 0.1) is 11.4 Å². The zero-order valence-electron chi connectivity index (χ0n) is 9.79. The number of aromatic nitrogens is 2. The maximum Gasteiger partial charge on any atom is 0.244 e. The van der Waals surface area contributed by atoms with Gasteiger partial charge in [-0.2, -0.15) is 5.10 Å². The van der Waals surface area contributed by atoms with Crippen LogP contribution in [0.4, 0.5) is 0 Å². The van der Waals surface area contributed by atoms with Crippen LogP contribution >= 0.6 is 0 Å². The maximum absolute atomic E-state index is 12.0. The molecule has 1 saturated carbocycles. The SMILES string of the molecule is Cc1n[nH]c(C)c1S(=O)(=O)NCC1(C)CC1. The Bertz CT molecular complexity index is 481. The third-order valence-electron chi connectivity index (χ3n) is 3.12. The van der Waals surface area contributed by atoms with Crippen molar-refractivity contribution < 1.29 is 8.42 Å². The van der Waals surface area contributed by atoms with Crippen molar-refractivity contribution in [1.29, 1.82) is 0 Å². The second kappa shape index (κ2) is 3.56. The zero-order chi connectivity index (χ0) is 12.0. The van der Waals surface area contributed by atoms with Crippen molar-refractivity contribution in [2.24, 2.45) is 5.41 Å². The first kappa shape index (κ1) is 11.6. The summed E-state index contributed by atoms with van der Waals surface area (Å²) in [7, 11) is -3.42. The maximum atomic E-state index is 12.0. The lowest BCUT2D eigenvalue weighted by Gasteiger charge is -2.10. The van der Waals surface area contributed by atoms with Gasteiger partial charge in [-0.25, -0.2) is 13.1 Å². The highest BCUT2D eigenvalue weighted by Crippen LogP contribution is 2.44. The number of nitrogens with zero attached hydrogens (tertiary/aromatic N) is 1. The molecule has 1 aromatic rings. The van der Waals surface area contributed by atoms with E-state index < -0.39 is 10.0 Å². The van der Waals surface area contributed by atoms with Gasteiger partial charge in [0.1, 0.15) is 4.90 Å². The number of sulfonamides is 1. The molecule has 1 fully saturated rings. The first-order valence-corrected chi connectivity index (χ1v) is 6.84. The van der Waals surface area contributed by atoms with Crippen LogP contribution < -0.4 is 4.72 Å². The van der Waals surface area contributed by atoms with Crippen molar-refractivity contribution in [3.05, 3.63) is 11.4 Å². The van der Waals surface area contributed by atoms with Gasteiger partial charge in [-0.05, 0) is 32.1 Å². The van der Waals surface area contributed by atoms with E-state index in [0.717, 1.165) is 12.8 Å². The number of hydrogen-bond acceptors (Lipinski definition) is 3. The van der Waals surface area contributed by atoms with E-state index in [1.54, 1.807) is 13.8 Å². The van der Waals surface area contributed by atoms with Crippen molar-refractivity contribution in [3.8, 4) is 0 Å². The van der Waals surface area contributed by atoms with Crippen LogP contribution in [0.25, 0.3) is 0 Å². The number of H-pyrrole nitrogens is 1. The molecule has 1 aliphatic carbocycles. The average molecular weight is 243 g/mol. The van der Waals surface area contributed by atoms with Gasteiger partial charge in [0, 0.05) is 6.54 Å². The lowest BCUT2D eigenvalue weighted by atomic mass is 10.2. The third kappa shape index (κ3) is 2.12. The average Bonchev–Trinajstić information content (AvgIpc) is 2.82. The molecule has 0 aromatic carbocycles. The minimum atomic E-state index is -3.42. The summed E-state index contributed by atoms with van der Waals surface area (Å²) < 4.78 is 26.7. The Balaban J connectivity index is 2.19. The fourth-order valence-electron chi connectivity index (χ4n) is 1.67. The highest BCUT2D eigenvalue weighted by molar-refractivity contribution is 7.89. The van der Waals surface area contributed by atoms with E-state index in [9.17, 15) is 8.42 Å². The standard InChI is InChI=1S/C10H17N3O2S/c1-7-9(8(2)13-12-7)16(14,15)11-6-10(3)4-5-10/h11H,4-6H2,1-3H3,(H,12,13). The molecule has 0 bridgehead atoms. The Kier molecular flexibility index (Phi) is 2.58. The molecule has 0 spiro atoms. The van der Waals surface area contributed by atoms with Gasteiger partial charge in [0.2, 0.25) is 10.0 Å². The van der Waals surface area contributed by atoms with Gasteiger partial charge >= 0.3 is 0 Å². The summed E-state index contributed by atoms with van der Waals surface area (Å²) >= 11 is 0. The Hall–Kier alpha value is -0.880.